The van der Waals surface area contributed by atoms with Gasteiger partial charge in [-0.1, -0.05) is 23.8 Å². The van der Waals surface area contributed by atoms with Gasteiger partial charge in [0, 0.05) is 44.4 Å². The first kappa shape index (κ1) is 17.3. The second kappa shape index (κ2) is 7.57. The highest BCUT2D eigenvalue weighted by Gasteiger charge is 2.16. The number of hydrazone groups is 1. The van der Waals surface area contributed by atoms with Crippen molar-refractivity contribution in [3.8, 4) is 11.5 Å². The van der Waals surface area contributed by atoms with Crippen LogP contribution in [0, 0.1) is 13.8 Å². The van der Waals surface area contributed by atoms with Crippen LogP contribution in [0.15, 0.2) is 41.5 Å². The molecule has 5 nitrogen and oxygen atoms in total. The molecule has 0 bridgehead atoms. The fourth-order valence-electron chi connectivity index (χ4n) is 3.06. The van der Waals surface area contributed by atoms with E-state index >= 15 is 0 Å². The topological polar surface area (TPSA) is 59.3 Å². The highest BCUT2D eigenvalue weighted by molar-refractivity contribution is 5.83. The van der Waals surface area contributed by atoms with Gasteiger partial charge in [0.1, 0.15) is 11.5 Å². The Hall–Kier alpha value is -2.53. The molecule has 2 aromatic rings. The van der Waals surface area contributed by atoms with Crippen molar-refractivity contribution in [3.63, 3.8) is 0 Å². The standard InChI is InChI=1S/C20H25N3O2/c1-15-3-4-18(16(2)11-15)14-22-7-9-23(10-8-22)21-13-17-5-6-19(24)12-20(17)25/h3-6,11-13,24-25H,7-10,14H2,1-2H3. The van der Waals surface area contributed by atoms with Crippen molar-refractivity contribution in [1.29, 1.82) is 0 Å². The van der Waals surface area contributed by atoms with Crippen molar-refractivity contribution in [2.45, 2.75) is 20.4 Å². The van der Waals surface area contributed by atoms with E-state index in [0.717, 1.165) is 32.7 Å². The summed E-state index contributed by atoms with van der Waals surface area (Å²) in [7, 11) is 0. The van der Waals surface area contributed by atoms with Crippen molar-refractivity contribution in [3.05, 3.63) is 58.7 Å². The number of hydrogen-bond donors (Lipinski definition) is 2. The molecule has 132 valence electrons. The van der Waals surface area contributed by atoms with Gasteiger partial charge >= 0.3 is 0 Å². The van der Waals surface area contributed by atoms with E-state index in [1.165, 1.54) is 22.8 Å². The van der Waals surface area contributed by atoms with Crippen LogP contribution in [-0.2, 0) is 6.54 Å². The van der Waals surface area contributed by atoms with Gasteiger partial charge in [-0.25, -0.2) is 0 Å². The molecule has 1 aliphatic heterocycles. The molecule has 3 rings (SSSR count). The highest BCUT2D eigenvalue weighted by atomic mass is 16.3. The lowest BCUT2D eigenvalue weighted by molar-refractivity contribution is 0.131. The van der Waals surface area contributed by atoms with Gasteiger partial charge in [-0.15, -0.1) is 0 Å². The van der Waals surface area contributed by atoms with Crippen LogP contribution in [0.1, 0.15) is 22.3 Å². The molecule has 0 spiro atoms. The summed E-state index contributed by atoms with van der Waals surface area (Å²) < 4.78 is 0. The van der Waals surface area contributed by atoms with Crippen LogP contribution >= 0.6 is 0 Å². The van der Waals surface area contributed by atoms with Gasteiger partial charge in [-0.05, 0) is 37.1 Å². The maximum atomic E-state index is 9.79. The minimum atomic E-state index is 0.0391. The summed E-state index contributed by atoms with van der Waals surface area (Å²) in [5.74, 6) is 0.0897. The summed E-state index contributed by atoms with van der Waals surface area (Å²) in [6, 6.07) is 11.2. The van der Waals surface area contributed by atoms with E-state index in [1.807, 2.05) is 5.01 Å². The average Bonchev–Trinajstić information content (AvgIpc) is 2.58. The van der Waals surface area contributed by atoms with E-state index in [-0.39, 0.29) is 11.5 Å². The predicted molar refractivity (Wildman–Crippen MR) is 100 cm³/mol. The molecular formula is C20H25N3O2. The highest BCUT2D eigenvalue weighted by Crippen LogP contribution is 2.21. The van der Waals surface area contributed by atoms with E-state index in [0.29, 0.717) is 5.56 Å². The Morgan fingerprint density at radius 3 is 2.44 bits per heavy atom. The van der Waals surface area contributed by atoms with E-state index < -0.39 is 0 Å². The van der Waals surface area contributed by atoms with Crippen molar-refractivity contribution in [2.75, 3.05) is 26.2 Å². The van der Waals surface area contributed by atoms with Gasteiger partial charge in [0.2, 0.25) is 0 Å². The molecule has 2 N–H and O–H groups in total. The summed E-state index contributed by atoms with van der Waals surface area (Å²) in [4.78, 5) is 2.45. The van der Waals surface area contributed by atoms with Crippen LogP contribution in [0.3, 0.4) is 0 Å². The number of rotatable bonds is 4. The largest absolute Gasteiger partial charge is 0.508 e. The molecule has 1 aliphatic rings. The zero-order valence-electron chi connectivity index (χ0n) is 14.8. The number of aromatic hydroxyl groups is 2. The van der Waals surface area contributed by atoms with Crippen LogP contribution in [-0.4, -0.2) is 52.5 Å². The molecule has 0 aliphatic carbocycles. The smallest absolute Gasteiger partial charge is 0.128 e. The van der Waals surface area contributed by atoms with Crippen LogP contribution < -0.4 is 0 Å². The molecule has 0 unspecified atom stereocenters. The van der Waals surface area contributed by atoms with Gasteiger partial charge < -0.3 is 10.2 Å². The molecule has 5 heteroatoms. The summed E-state index contributed by atoms with van der Waals surface area (Å²) in [5.41, 5.74) is 4.65. The predicted octanol–water partition coefficient (Wildman–Crippen LogP) is 2.87. The summed E-state index contributed by atoms with van der Waals surface area (Å²) in [5, 5.41) is 25.6. The van der Waals surface area contributed by atoms with Gasteiger partial charge in [0.25, 0.3) is 0 Å². The van der Waals surface area contributed by atoms with Crippen molar-refractivity contribution >= 4 is 6.21 Å². The zero-order valence-corrected chi connectivity index (χ0v) is 14.8. The Morgan fingerprint density at radius 2 is 1.76 bits per heavy atom. The number of piperazine rings is 1. The average molecular weight is 339 g/mol. The molecule has 1 saturated heterocycles. The van der Waals surface area contributed by atoms with Crippen LogP contribution in [0.25, 0.3) is 0 Å². The quantitative estimate of drug-likeness (QED) is 0.841. The third kappa shape index (κ3) is 4.51. The van der Waals surface area contributed by atoms with E-state index in [9.17, 15) is 10.2 Å². The molecule has 25 heavy (non-hydrogen) atoms. The fraction of sp³-hybridized carbons (Fsp3) is 0.350. The Morgan fingerprint density at radius 1 is 1.00 bits per heavy atom. The first-order valence-corrected chi connectivity index (χ1v) is 8.60. The van der Waals surface area contributed by atoms with Crippen molar-refractivity contribution in [1.82, 2.24) is 9.91 Å². The summed E-state index contributed by atoms with van der Waals surface area (Å²) >= 11 is 0. The first-order valence-electron chi connectivity index (χ1n) is 8.60. The maximum absolute atomic E-state index is 9.79. The molecule has 0 atom stereocenters. The molecule has 1 heterocycles. The lowest BCUT2D eigenvalue weighted by Crippen LogP contribution is -2.43. The van der Waals surface area contributed by atoms with Crippen molar-refractivity contribution < 1.29 is 10.2 Å². The third-order valence-corrected chi connectivity index (χ3v) is 4.61. The first-order chi connectivity index (χ1) is 12.0. The number of hydrogen-bond acceptors (Lipinski definition) is 5. The monoisotopic (exact) mass is 339 g/mol. The molecular weight excluding hydrogens is 314 g/mol. The number of phenolic OH excluding ortho intramolecular Hbond substituents is 2. The van der Waals surface area contributed by atoms with Crippen LogP contribution in [0.4, 0.5) is 0 Å². The van der Waals surface area contributed by atoms with Gasteiger partial charge in [-0.3, -0.25) is 9.91 Å². The second-order valence-electron chi connectivity index (χ2n) is 6.65. The Kier molecular flexibility index (Phi) is 5.24. The second-order valence-corrected chi connectivity index (χ2v) is 6.65. The molecule has 0 saturated carbocycles. The fourth-order valence-corrected chi connectivity index (χ4v) is 3.06. The number of benzene rings is 2. The Balaban J connectivity index is 1.54. The Bertz CT molecular complexity index is 766. The van der Waals surface area contributed by atoms with Crippen LogP contribution in [0.5, 0.6) is 11.5 Å². The summed E-state index contributed by atoms with van der Waals surface area (Å²) in [6.45, 7) is 8.92. The molecule has 0 aromatic heterocycles. The summed E-state index contributed by atoms with van der Waals surface area (Å²) in [6.07, 6.45) is 1.65. The number of phenols is 2. The lowest BCUT2D eigenvalue weighted by atomic mass is 10.1. The van der Waals surface area contributed by atoms with E-state index in [2.05, 4.69) is 42.0 Å². The van der Waals surface area contributed by atoms with Gasteiger partial charge in [0.15, 0.2) is 0 Å². The van der Waals surface area contributed by atoms with Gasteiger partial charge in [0.05, 0.1) is 6.21 Å². The number of nitrogens with zero attached hydrogens (tertiary/aromatic N) is 3. The molecule has 0 amide bonds. The molecule has 0 radical (unpaired) electrons. The number of aryl methyl sites for hydroxylation is 2. The SMILES string of the molecule is Cc1ccc(CN2CCN(N=Cc3ccc(O)cc3O)CC2)c(C)c1. The normalized spacial score (nSPS) is 15.8. The Labute approximate surface area is 148 Å². The zero-order chi connectivity index (χ0) is 17.8. The van der Waals surface area contributed by atoms with Crippen molar-refractivity contribution in [2.24, 2.45) is 5.10 Å². The third-order valence-electron chi connectivity index (χ3n) is 4.61. The maximum Gasteiger partial charge on any atom is 0.128 e. The van der Waals surface area contributed by atoms with Gasteiger partial charge in [-0.2, -0.15) is 5.10 Å². The molecule has 1 fully saturated rings. The minimum Gasteiger partial charge on any atom is -0.508 e. The van der Waals surface area contributed by atoms with E-state index in [4.69, 9.17) is 0 Å². The van der Waals surface area contributed by atoms with Crippen LogP contribution in [0.2, 0.25) is 0 Å². The minimum absolute atomic E-state index is 0.0391. The molecule has 2 aromatic carbocycles. The van der Waals surface area contributed by atoms with E-state index in [1.54, 1.807) is 18.3 Å². The lowest BCUT2D eigenvalue weighted by Gasteiger charge is -2.33.